The Morgan fingerprint density at radius 2 is 1.01 bits per heavy atom. The number of para-hydroxylation sites is 4. The Kier molecular flexibility index (Phi) is 26.3. The average molecular weight is 1260 g/mol. The van der Waals surface area contributed by atoms with Crippen molar-refractivity contribution in [1.29, 1.82) is 0 Å². The number of nitrogens with two attached hydrogens (primary N) is 1. The SMILES string of the molecule is C.N[C@H]1CCC[C@@H](Nc2ncc(Cl)c(-c3cn(-c4ccccc4)c4ccccc34)n2)C1.O=C(N[C@H]1CCC[C@@H](Nc2ncc(Cl)c(-c3cn(-c4ccccc4)c4ccccc34)n2)C1)[C@H]1CC[C@H](O)C1.O=C(O)[C@H]1CC[C@H](O)C1.O=S=O.O=S=O.[2H]CF. The second kappa shape index (κ2) is 34.1. The maximum Gasteiger partial charge on any atom is 0.335 e. The van der Waals surface area contributed by atoms with E-state index in [1.807, 2.05) is 60.7 Å². The molecular weight excluding hydrogens is 1180 g/mol. The molecule has 0 saturated heterocycles. The van der Waals surface area contributed by atoms with Crippen LogP contribution in [-0.4, -0.2) is 117 Å². The monoisotopic (exact) mass is 1260 g/mol. The number of carboxylic acids is 1. The van der Waals surface area contributed by atoms with Crippen molar-refractivity contribution in [3.63, 3.8) is 0 Å². The second-order valence-electron chi connectivity index (χ2n) is 21.1. The maximum absolute atomic E-state index is 12.7. The number of aliphatic carboxylic acids is 1. The smallest absolute Gasteiger partial charge is 0.335 e. The number of nitrogens with zero attached hydrogens (tertiary/aromatic N) is 6. The number of aliphatic hydroxyl groups is 2. The predicted molar refractivity (Wildman–Crippen MR) is 336 cm³/mol. The van der Waals surface area contributed by atoms with Crippen LogP contribution < -0.4 is 21.7 Å². The van der Waals surface area contributed by atoms with Crippen molar-refractivity contribution in [2.75, 3.05) is 17.8 Å². The number of carbonyl (C=O) groups excluding carboxylic acids is 1. The van der Waals surface area contributed by atoms with Gasteiger partial charge in [0.1, 0.15) is 0 Å². The lowest BCUT2D eigenvalue weighted by Crippen LogP contribution is -2.44. The van der Waals surface area contributed by atoms with Crippen LogP contribution in [-0.2, 0) is 32.7 Å². The van der Waals surface area contributed by atoms with Crippen LogP contribution in [0, 0.1) is 11.8 Å². The molecule has 19 nitrogen and oxygen atoms in total. The van der Waals surface area contributed by atoms with Crippen molar-refractivity contribution in [2.24, 2.45) is 17.6 Å². The summed E-state index contributed by atoms with van der Waals surface area (Å²) < 4.78 is 53.0. The molecule has 8 aromatic rings. The summed E-state index contributed by atoms with van der Waals surface area (Å²) in [5.41, 5.74) is 13.9. The zero-order valence-corrected chi connectivity index (χ0v) is 49.6. The van der Waals surface area contributed by atoms with Crippen molar-refractivity contribution in [2.45, 2.75) is 134 Å². The maximum atomic E-state index is 12.7. The third kappa shape index (κ3) is 18.4. The highest BCUT2D eigenvalue weighted by Gasteiger charge is 2.32. The van der Waals surface area contributed by atoms with Gasteiger partial charge < -0.3 is 46.1 Å². The summed E-state index contributed by atoms with van der Waals surface area (Å²) in [7, 11) is -1.00. The lowest BCUT2D eigenvalue weighted by atomic mass is 9.90. The lowest BCUT2D eigenvalue weighted by Gasteiger charge is -2.31. The van der Waals surface area contributed by atoms with Crippen molar-refractivity contribution >= 4 is 91.9 Å². The number of rotatable bonds is 11. The van der Waals surface area contributed by atoms with Gasteiger partial charge in [-0.25, -0.2) is 19.9 Å². The molecule has 4 aliphatic rings. The highest BCUT2D eigenvalue weighted by Crippen LogP contribution is 2.38. The molecule has 4 aliphatic carbocycles. The molecule has 0 unspecified atom stereocenters. The minimum absolute atomic E-state index is 0. The minimum atomic E-state index is -1.00. The van der Waals surface area contributed by atoms with Gasteiger partial charge in [0.2, 0.25) is 17.8 Å². The number of hydrogen-bond donors (Lipinski definition) is 7. The number of carboxylic acid groups (broad SMARTS) is 1. The van der Waals surface area contributed by atoms with E-state index in [-0.39, 0.29) is 55.5 Å². The number of halogens is 3. The molecule has 0 aliphatic heterocycles. The van der Waals surface area contributed by atoms with Gasteiger partial charge in [-0.15, -0.1) is 0 Å². The summed E-state index contributed by atoms with van der Waals surface area (Å²) in [4.78, 5) is 41.5. The molecule has 4 fully saturated rings. The largest absolute Gasteiger partial charge is 0.481 e. The number of nitrogens with one attached hydrogen (secondary N) is 3. The number of hydrogen-bond acceptors (Lipinski definition) is 15. The Balaban J connectivity index is 0.000000218. The molecule has 24 heteroatoms. The fraction of sp³-hybridized carbons (Fsp3) is 0.387. The van der Waals surface area contributed by atoms with Crippen molar-refractivity contribution < 1.29 is 47.5 Å². The Morgan fingerprint density at radius 1 is 0.605 bits per heavy atom. The molecule has 4 heterocycles. The van der Waals surface area contributed by atoms with Crippen LogP contribution in [0.4, 0.5) is 16.3 Å². The van der Waals surface area contributed by atoms with Gasteiger partial charge >= 0.3 is 29.1 Å². The first-order valence-corrected chi connectivity index (χ1v) is 30.0. The Labute approximate surface area is 518 Å². The first-order chi connectivity index (χ1) is 41.7. The molecule has 8 N–H and O–H groups in total. The number of amides is 1. The number of aliphatic hydroxyl groups excluding tert-OH is 2. The zero-order valence-electron chi connectivity index (χ0n) is 47.4. The van der Waals surface area contributed by atoms with Gasteiger partial charge in [-0.1, -0.05) is 103 Å². The third-order valence-corrected chi connectivity index (χ3v) is 16.0. The normalized spacial score (nSPS) is 21.2. The number of aromatic nitrogens is 6. The van der Waals surface area contributed by atoms with Crippen LogP contribution in [0.3, 0.4) is 0 Å². The van der Waals surface area contributed by atoms with E-state index < -0.39 is 36.3 Å². The molecule has 0 bridgehead atoms. The fourth-order valence-electron chi connectivity index (χ4n) is 11.5. The number of anilines is 2. The van der Waals surface area contributed by atoms with E-state index in [9.17, 15) is 19.1 Å². The molecule has 0 spiro atoms. The summed E-state index contributed by atoms with van der Waals surface area (Å²) in [6.07, 6.45) is 18.6. The molecule has 0 radical (unpaired) electrons. The van der Waals surface area contributed by atoms with Gasteiger partial charge in [0.25, 0.3) is 0 Å². The fourth-order valence-corrected chi connectivity index (χ4v) is 11.9. The molecule has 4 aromatic carbocycles. The molecule has 1 amide bonds. The van der Waals surface area contributed by atoms with Crippen LogP contribution in [0.15, 0.2) is 134 Å². The van der Waals surface area contributed by atoms with Crippen LogP contribution in [0.1, 0.15) is 98.7 Å². The second-order valence-corrected chi connectivity index (χ2v) is 22.2. The summed E-state index contributed by atoms with van der Waals surface area (Å²) in [5, 5.41) is 40.5. The van der Waals surface area contributed by atoms with E-state index in [2.05, 4.69) is 96.0 Å². The van der Waals surface area contributed by atoms with Crippen LogP contribution in [0.5, 0.6) is 0 Å². The molecule has 8 atom stereocenters. The minimum Gasteiger partial charge on any atom is -0.481 e. The molecule has 86 heavy (non-hydrogen) atoms. The molecule has 4 saturated carbocycles. The first-order valence-electron chi connectivity index (χ1n) is 28.6. The lowest BCUT2D eigenvalue weighted by molar-refractivity contribution is -0.141. The van der Waals surface area contributed by atoms with E-state index in [1.54, 1.807) is 12.4 Å². The van der Waals surface area contributed by atoms with E-state index in [1.165, 1.54) is 0 Å². The van der Waals surface area contributed by atoms with Gasteiger partial charge in [0.15, 0.2) is 0 Å². The van der Waals surface area contributed by atoms with E-state index in [0.29, 0.717) is 65.8 Å². The highest BCUT2D eigenvalue weighted by atomic mass is 35.5. The van der Waals surface area contributed by atoms with Gasteiger partial charge in [-0.2, -0.15) is 16.8 Å². The Hall–Kier alpha value is -7.31. The third-order valence-electron chi connectivity index (χ3n) is 15.4. The number of carbonyl (C=O) groups is 2. The van der Waals surface area contributed by atoms with Gasteiger partial charge in [-0.3, -0.25) is 14.0 Å². The van der Waals surface area contributed by atoms with Crippen molar-refractivity contribution in [3.05, 3.63) is 144 Å². The topological polar surface area (TPSA) is 287 Å². The summed E-state index contributed by atoms with van der Waals surface area (Å²) in [6.45, 7) is 0. The number of benzene rings is 4. The predicted octanol–water partition coefficient (Wildman–Crippen LogP) is 11.3. The average Bonchev–Trinajstić information content (AvgIpc) is 1.82. The summed E-state index contributed by atoms with van der Waals surface area (Å²) in [6, 6.07) is 37.9. The van der Waals surface area contributed by atoms with Crippen LogP contribution in [0.25, 0.3) is 55.7 Å². The summed E-state index contributed by atoms with van der Waals surface area (Å²) >= 11 is 11.7. The van der Waals surface area contributed by atoms with Crippen LogP contribution in [0.2, 0.25) is 10.0 Å². The standard InChI is InChI=1S/C30H32ClN5O2.C24H24ClN5.C6H10O3.CH3F.CH4.2O2S/c31-26-17-32-30(34-21-8-6-7-20(16-21)33-29(38)19-13-14-23(37)15-19)35-28(26)25-18-36(22-9-2-1-3-10-22)27-12-5-4-11-24(25)27;25-21-14-27-24(28-17-8-6-7-16(26)13-17)29-23(21)20-15-30(18-9-2-1-3-10-18)22-12-5-4-11-19(20)22;7-5-2-1-4(3-5)6(8)9;1-2;;2*1-3-2/h1-5,9-12,17-21,23,37H,6-8,13-16H2,(H,33,38)(H,32,34,35);1-5,9-12,14-17H,6-8,13,26H2,(H,27,28,29);4-5,7H,1-3H2,(H,8,9);1H3;1H4;;/t19-,20-,21+,23-;16-,17+;4-,5-;;;;/m000..../s1/i;;;1D;;;. The van der Waals surface area contributed by atoms with Crippen LogP contribution >= 0.6 is 23.2 Å². The number of fused-ring (bicyclic) bond motifs is 2. The molecular formula is C62H73Cl2FN10O9S2. The Morgan fingerprint density at radius 3 is 1.43 bits per heavy atom. The molecule has 12 rings (SSSR count). The highest BCUT2D eigenvalue weighted by molar-refractivity contribution is 7.52. The molecule has 4 aromatic heterocycles. The van der Waals surface area contributed by atoms with Gasteiger partial charge in [-0.05, 0) is 126 Å². The van der Waals surface area contributed by atoms with Crippen molar-refractivity contribution in [1.82, 2.24) is 34.4 Å². The summed E-state index contributed by atoms with van der Waals surface area (Å²) in [5.74, 6) is 0.0824. The van der Waals surface area contributed by atoms with E-state index in [0.717, 1.165) is 108 Å². The zero-order chi connectivity index (χ0) is 61.5. The van der Waals surface area contributed by atoms with E-state index >= 15 is 0 Å². The quantitative estimate of drug-likeness (QED) is 0.0633. The first kappa shape index (κ1) is 66.2. The number of alkyl halides is 1. The van der Waals surface area contributed by atoms with Crippen molar-refractivity contribution in [3.8, 4) is 33.9 Å². The van der Waals surface area contributed by atoms with Gasteiger partial charge in [0, 0.05) is 75.8 Å². The molecule has 458 valence electrons. The van der Waals surface area contributed by atoms with Gasteiger partial charge in [0.05, 0.1) is 71.5 Å². The van der Waals surface area contributed by atoms with E-state index in [4.69, 9.17) is 67.3 Å². The Bertz CT molecular complexity index is 3560.